The highest BCUT2D eigenvalue weighted by Gasteiger charge is 2.31. The van der Waals surface area contributed by atoms with Crippen molar-refractivity contribution in [2.75, 3.05) is 16.2 Å². The van der Waals surface area contributed by atoms with Crippen LogP contribution in [0.4, 0.5) is 15.8 Å². The van der Waals surface area contributed by atoms with Crippen molar-refractivity contribution in [3.8, 4) is 0 Å². The average Bonchev–Trinajstić information content (AvgIpc) is 3.12. The van der Waals surface area contributed by atoms with Crippen molar-refractivity contribution in [1.29, 1.82) is 0 Å². The molecule has 0 bridgehead atoms. The molecule has 0 unspecified atom stereocenters. The molecule has 3 aromatic rings. The second-order valence-corrected chi connectivity index (χ2v) is 9.29. The number of benzene rings is 3. The summed E-state index contributed by atoms with van der Waals surface area (Å²) in [6.07, 6.45) is 0.608. The van der Waals surface area contributed by atoms with E-state index in [1.165, 1.54) is 10.4 Å². The molecule has 0 aromatic heterocycles. The number of sulfonamides is 1. The third kappa shape index (κ3) is 3.68. The van der Waals surface area contributed by atoms with Crippen molar-refractivity contribution in [3.63, 3.8) is 0 Å². The fraction of sp³-hybridized carbons (Fsp3) is 0.174. The SMILES string of the molecule is Cc1cc(C)cc(NC(=O)c2cc(S(=O)(=O)N3CCc4ccccc43)ccc2F)c1. The predicted octanol–water partition coefficient (Wildman–Crippen LogP) is 4.45. The van der Waals surface area contributed by atoms with Gasteiger partial charge in [-0.15, -0.1) is 0 Å². The lowest BCUT2D eigenvalue weighted by Gasteiger charge is -2.20. The number of amides is 1. The van der Waals surface area contributed by atoms with Crippen LogP contribution in [0.15, 0.2) is 65.6 Å². The van der Waals surface area contributed by atoms with E-state index in [1.807, 2.05) is 32.0 Å². The van der Waals surface area contributed by atoms with Crippen molar-refractivity contribution >= 4 is 27.3 Å². The summed E-state index contributed by atoms with van der Waals surface area (Å²) >= 11 is 0. The summed E-state index contributed by atoms with van der Waals surface area (Å²) < 4.78 is 42.1. The van der Waals surface area contributed by atoms with Gasteiger partial charge in [-0.25, -0.2) is 12.8 Å². The number of para-hydroxylation sites is 1. The molecule has 0 saturated heterocycles. The van der Waals surface area contributed by atoms with E-state index in [0.29, 0.717) is 24.3 Å². The molecule has 1 N–H and O–H groups in total. The molecule has 154 valence electrons. The van der Waals surface area contributed by atoms with Crippen LogP contribution in [0.2, 0.25) is 0 Å². The summed E-state index contributed by atoms with van der Waals surface area (Å²) in [7, 11) is -3.92. The van der Waals surface area contributed by atoms with Crippen LogP contribution in [0.5, 0.6) is 0 Å². The van der Waals surface area contributed by atoms with Gasteiger partial charge in [-0.05, 0) is 73.4 Å². The number of aryl methyl sites for hydroxylation is 2. The standard InChI is InChI=1S/C23H21FN2O3S/c1-15-11-16(2)13-18(12-15)25-23(27)20-14-19(7-8-21(20)24)30(28,29)26-10-9-17-5-3-4-6-22(17)26/h3-8,11-14H,9-10H2,1-2H3,(H,25,27). The summed E-state index contributed by atoms with van der Waals surface area (Å²) in [6.45, 7) is 4.10. The van der Waals surface area contributed by atoms with Crippen molar-refractivity contribution in [2.24, 2.45) is 0 Å². The van der Waals surface area contributed by atoms with E-state index in [4.69, 9.17) is 0 Å². The van der Waals surface area contributed by atoms with Gasteiger partial charge in [0.1, 0.15) is 5.82 Å². The molecule has 0 atom stereocenters. The molecule has 0 saturated carbocycles. The summed E-state index contributed by atoms with van der Waals surface area (Å²) in [5.74, 6) is -1.48. The molecular formula is C23H21FN2O3S. The molecule has 3 aromatic carbocycles. The average molecular weight is 424 g/mol. The number of halogens is 1. The van der Waals surface area contributed by atoms with Gasteiger partial charge in [0.15, 0.2) is 0 Å². The maximum Gasteiger partial charge on any atom is 0.264 e. The second-order valence-electron chi connectivity index (χ2n) is 7.43. The van der Waals surface area contributed by atoms with Crippen molar-refractivity contribution in [1.82, 2.24) is 0 Å². The zero-order valence-electron chi connectivity index (χ0n) is 16.6. The molecule has 4 rings (SSSR count). The van der Waals surface area contributed by atoms with Crippen LogP contribution in [0, 0.1) is 19.7 Å². The van der Waals surface area contributed by atoms with Crippen LogP contribution in [0.25, 0.3) is 0 Å². The Kier molecular flexibility index (Phi) is 5.07. The Morgan fingerprint density at radius 1 is 1.00 bits per heavy atom. The van der Waals surface area contributed by atoms with E-state index in [0.717, 1.165) is 28.8 Å². The van der Waals surface area contributed by atoms with Gasteiger partial charge in [0, 0.05) is 12.2 Å². The molecule has 1 aliphatic rings. The molecule has 0 fully saturated rings. The fourth-order valence-corrected chi connectivity index (χ4v) is 5.30. The first-order chi connectivity index (χ1) is 14.3. The zero-order valence-corrected chi connectivity index (χ0v) is 17.5. The lowest BCUT2D eigenvalue weighted by molar-refractivity contribution is 0.102. The first-order valence-electron chi connectivity index (χ1n) is 9.55. The molecule has 0 radical (unpaired) electrons. The van der Waals surface area contributed by atoms with Gasteiger partial charge < -0.3 is 5.32 Å². The first-order valence-corrected chi connectivity index (χ1v) is 11.0. The summed E-state index contributed by atoms with van der Waals surface area (Å²) in [6, 6.07) is 16.1. The third-order valence-corrected chi connectivity index (χ3v) is 6.90. The number of fused-ring (bicyclic) bond motifs is 1. The highest BCUT2D eigenvalue weighted by atomic mass is 32.2. The van der Waals surface area contributed by atoms with E-state index < -0.39 is 21.7 Å². The lowest BCUT2D eigenvalue weighted by atomic mass is 10.1. The van der Waals surface area contributed by atoms with Gasteiger partial charge in [0.25, 0.3) is 15.9 Å². The van der Waals surface area contributed by atoms with E-state index >= 15 is 0 Å². The molecule has 7 heteroatoms. The van der Waals surface area contributed by atoms with E-state index in [-0.39, 0.29) is 10.5 Å². The number of hydrogen-bond acceptors (Lipinski definition) is 3. The van der Waals surface area contributed by atoms with Crippen molar-refractivity contribution in [2.45, 2.75) is 25.2 Å². The van der Waals surface area contributed by atoms with Gasteiger partial charge in [-0.3, -0.25) is 9.10 Å². The molecule has 1 heterocycles. The number of rotatable bonds is 4. The quantitative estimate of drug-likeness (QED) is 0.673. The maximum atomic E-state index is 14.4. The Balaban J connectivity index is 1.67. The minimum atomic E-state index is -3.92. The van der Waals surface area contributed by atoms with Gasteiger partial charge in [-0.2, -0.15) is 0 Å². The number of anilines is 2. The lowest BCUT2D eigenvalue weighted by Crippen LogP contribution is -2.29. The molecule has 0 spiro atoms. The number of nitrogens with one attached hydrogen (secondary N) is 1. The maximum absolute atomic E-state index is 14.4. The Bertz CT molecular complexity index is 1230. The molecule has 1 amide bonds. The Hall–Kier alpha value is -3.19. The van der Waals surface area contributed by atoms with Crippen molar-refractivity contribution < 1.29 is 17.6 Å². The first kappa shape index (κ1) is 20.1. The van der Waals surface area contributed by atoms with Crippen LogP contribution in [0.1, 0.15) is 27.0 Å². The molecular weight excluding hydrogens is 403 g/mol. The number of carbonyl (C=O) groups is 1. The molecule has 1 aliphatic heterocycles. The third-order valence-electron chi connectivity index (χ3n) is 5.09. The van der Waals surface area contributed by atoms with E-state index in [9.17, 15) is 17.6 Å². The molecule has 30 heavy (non-hydrogen) atoms. The van der Waals surface area contributed by atoms with Crippen LogP contribution >= 0.6 is 0 Å². The fourth-order valence-electron chi connectivity index (χ4n) is 3.77. The Morgan fingerprint density at radius 2 is 1.70 bits per heavy atom. The topological polar surface area (TPSA) is 66.5 Å². The van der Waals surface area contributed by atoms with Crippen LogP contribution in [-0.4, -0.2) is 20.9 Å². The molecule has 0 aliphatic carbocycles. The second kappa shape index (κ2) is 7.57. The van der Waals surface area contributed by atoms with Gasteiger partial charge >= 0.3 is 0 Å². The Morgan fingerprint density at radius 3 is 2.43 bits per heavy atom. The minimum Gasteiger partial charge on any atom is -0.322 e. The predicted molar refractivity (Wildman–Crippen MR) is 115 cm³/mol. The van der Waals surface area contributed by atoms with E-state index in [2.05, 4.69) is 5.32 Å². The van der Waals surface area contributed by atoms with Crippen LogP contribution in [-0.2, 0) is 16.4 Å². The van der Waals surface area contributed by atoms with Gasteiger partial charge in [-0.1, -0.05) is 24.3 Å². The monoisotopic (exact) mass is 424 g/mol. The highest BCUT2D eigenvalue weighted by Crippen LogP contribution is 2.33. The summed E-state index contributed by atoms with van der Waals surface area (Å²) in [4.78, 5) is 12.6. The number of hydrogen-bond donors (Lipinski definition) is 1. The van der Waals surface area contributed by atoms with Gasteiger partial charge in [0.05, 0.1) is 16.1 Å². The normalized spacial score (nSPS) is 13.2. The summed E-state index contributed by atoms with van der Waals surface area (Å²) in [5, 5.41) is 2.66. The highest BCUT2D eigenvalue weighted by molar-refractivity contribution is 7.92. The smallest absolute Gasteiger partial charge is 0.264 e. The zero-order chi connectivity index (χ0) is 21.5. The van der Waals surface area contributed by atoms with Crippen molar-refractivity contribution in [3.05, 3.63) is 88.7 Å². The number of carbonyl (C=O) groups excluding carboxylic acids is 1. The number of nitrogens with zero attached hydrogens (tertiary/aromatic N) is 1. The minimum absolute atomic E-state index is 0.119. The largest absolute Gasteiger partial charge is 0.322 e. The van der Waals surface area contributed by atoms with E-state index in [1.54, 1.807) is 24.3 Å². The molecule has 5 nitrogen and oxygen atoms in total. The van der Waals surface area contributed by atoms with Crippen LogP contribution < -0.4 is 9.62 Å². The summed E-state index contributed by atoms with van der Waals surface area (Å²) in [5.41, 5.74) is 3.67. The van der Waals surface area contributed by atoms with Crippen LogP contribution in [0.3, 0.4) is 0 Å². The Labute approximate surface area is 175 Å². The van der Waals surface area contributed by atoms with Gasteiger partial charge in [0.2, 0.25) is 0 Å².